The summed E-state index contributed by atoms with van der Waals surface area (Å²) in [6.07, 6.45) is 1.91. The molecule has 3 atom stereocenters. The molecule has 2 heterocycles. The Morgan fingerprint density at radius 1 is 1.17 bits per heavy atom. The molecule has 2 aliphatic rings. The Labute approximate surface area is 170 Å². The smallest absolute Gasteiger partial charge is 0.408 e. The van der Waals surface area contributed by atoms with Crippen molar-refractivity contribution in [3.8, 4) is 11.1 Å². The van der Waals surface area contributed by atoms with E-state index in [2.05, 4.69) is 10.3 Å². The highest BCUT2D eigenvalue weighted by atomic mass is 35.5. The Morgan fingerprint density at radius 3 is 2.79 bits per heavy atom. The van der Waals surface area contributed by atoms with Crippen molar-refractivity contribution < 1.29 is 19.1 Å². The van der Waals surface area contributed by atoms with Gasteiger partial charge in [-0.3, -0.25) is 9.69 Å². The highest BCUT2D eigenvalue weighted by Crippen LogP contribution is 2.48. The van der Waals surface area contributed by atoms with Gasteiger partial charge in [0.1, 0.15) is 6.04 Å². The molecule has 1 saturated carbocycles. The Balaban J connectivity index is 1.46. The van der Waals surface area contributed by atoms with E-state index in [1.54, 1.807) is 24.4 Å². The normalized spacial score (nSPS) is 22.6. The van der Waals surface area contributed by atoms with Crippen molar-refractivity contribution in [1.82, 2.24) is 9.88 Å². The van der Waals surface area contributed by atoms with Crippen molar-refractivity contribution >= 4 is 40.2 Å². The molecule has 1 aromatic heterocycles. The molecule has 8 heteroatoms. The average molecular weight is 414 g/mol. The summed E-state index contributed by atoms with van der Waals surface area (Å²) in [5.74, 6) is -0.899. The van der Waals surface area contributed by atoms with Crippen molar-refractivity contribution in [2.45, 2.75) is 24.9 Å². The number of halogens is 2. The maximum atomic E-state index is 15.2. The third-order valence-corrected chi connectivity index (χ3v) is 6.23. The first-order chi connectivity index (χ1) is 14.0. The first-order valence-corrected chi connectivity index (χ1v) is 9.70. The topological polar surface area (TPSA) is 85.4 Å². The SMILES string of the molecule is O=C(Nc1cccc(-c2ccc3cc[nH]c3c2Cl)c1F)[C@@H]1C[C@H]2C[C@H]2N1C(=O)O. The quantitative estimate of drug-likeness (QED) is 0.581. The summed E-state index contributed by atoms with van der Waals surface area (Å²) >= 11 is 6.47. The molecule has 29 heavy (non-hydrogen) atoms. The molecule has 1 aliphatic heterocycles. The van der Waals surface area contributed by atoms with Gasteiger partial charge in [-0.25, -0.2) is 9.18 Å². The van der Waals surface area contributed by atoms with E-state index in [4.69, 9.17) is 11.6 Å². The van der Waals surface area contributed by atoms with Crippen LogP contribution in [-0.2, 0) is 4.79 Å². The van der Waals surface area contributed by atoms with E-state index in [-0.39, 0.29) is 23.2 Å². The molecule has 5 rings (SSSR count). The number of hydrogen-bond acceptors (Lipinski definition) is 2. The van der Waals surface area contributed by atoms with Crippen LogP contribution in [0.25, 0.3) is 22.0 Å². The van der Waals surface area contributed by atoms with Gasteiger partial charge in [-0.05, 0) is 30.9 Å². The van der Waals surface area contributed by atoms with Gasteiger partial charge < -0.3 is 15.4 Å². The summed E-state index contributed by atoms with van der Waals surface area (Å²) < 4.78 is 15.2. The van der Waals surface area contributed by atoms with Crippen molar-refractivity contribution in [2.75, 3.05) is 5.32 Å². The van der Waals surface area contributed by atoms with Crippen LogP contribution >= 0.6 is 11.6 Å². The van der Waals surface area contributed by atoms with E-state index in [0.717, 1.165) is 11.8 Å². The monoisotopic (exact) mass is 413 g/mol. The number of aromatic nitrogens is 1. The predicted octanol–water partition coefficient (Wildman–Crippen LogP) is 4.71. The van der Waals surface area contributed by atoms with Gasteiger partial charge in [0.05, 0.1) is 16.2 Å². The molecular formula is C21H17ClFN3O3. The molecule has 0 spiro atoms. The number of piperidine rings is 1. The zero-order valence-corrected chi connectivity index (χ0v) is 15.9. The van der Waals surface area contributed by atoms with E-state index < -0.39 is 23.9 Å². The van der Waals surface area contributed by atoms with E-state index in [1.807, 2.05) is 12.1 Å². The zero-order valence-electron chi connectivity index (χ0n) is 15.2. The van der Waals surface area contributed by atoms with Gasteiger partial charge >= 0.3 is 6.09 Å². The summed E-state index contributed by atoms with van der Waals surface area (Å²) in [6, 6.07) is 9.24. The van der Waals surface area contributed by atoms with E-state index in [1.165, 1.54) is 11.0 Å². The third-order valence-electron chi connectivity index (χ3n) is 5.84. The molecular weight excluding hydrogens is 397 g/mol. The molecule has 1 saturated heterocycles. The number of rotatable bonds is 3. The van der Waals surface area contributed by atoms with Crippen LogP contribution < -0.4 is 5.32 Å². The number of likely N-dealkylation sites (tertiary alicyclic amines) is 1. The number of aromatic amines is 1. The van der Waals surface area contributed by atoms with E-state index >= 15 is 4.39 Å². The van der Waals surface area contributed by atoms with Crippen LogP contribution in [0.2, 0.25) is 5.02 Å². The van der Waals surface area contributed by atoms with Crippen molar-refractivity contribution in [2.24, 2.45) is 5.92 Å². The van der Waals surface area contributed by atoms with Crippen molar-refractivity contribution in [3.63, 3.8) is 0 Å². The summed E-state index contributed by atoms with van der Waals surface area (Å²) in [5, 5.41) is 13.3. The minimum absolute atomic E-state index is 0.000983. The fraction of sp³-hybridized carbons (Fsp3) is 0.238. The summed E-state index contributed by atoms with van der Waals surface area (Å²) in [7, 11) is 0. The van der Waals surface area contributed by atoms with Crippen LogP contribution in [0.4, 0.5) is 14.9 Å². The largest absolute Gasteiger partial charge is 0.465 e. The number of H-pyrrole nitrogens is 1. The number of nitrogens with one attached hydrogen (secondary N) is 2. The number of anilines is 1. The van der Waals surface area contributed by atoms with Gasteiger partial charge in [0, 0.05) is 28.8 Å². The van der Waals surface area contributed by atoms with Gasteiger partial charge in [-0.1, -0.05) is 35.9 Å². The Morgan fingerprint density at radius 2 is 2.00 bits per heavy atom. The minimum Gasteiger partial charge on any atom is -0.465 e. The Bertz CT molecular complexity index is 1160. The molecule has 0 unspecified atom stereocenters. The fourth-order valence-electron chi connectivity index (χ4n) is 4.32. The predicted molar refractivity (Wildman–Crippen MR) is 107 cm³/mol. The molecule has 3 aromatic rings. The molecule has 2 amide bonds. The van der Waals surface area contributed by atoms with Crippen LogP contribution in [0.1, 0.15) is 12.8 Å². The fourth-order valence-corrected chi connectivity index (χ4v) is 4.65. The van der Waals surface area contributed by atoms with E-state index in [0.29, 0.717) is 22.5 Å². The van der Waals surface area contributed by atoms with Crippen molar-refractivity contribution in [3.05, 3.63) is 53.4 Å². The standard InChI is InChI=1S/C21H17ClFN3O3/c22-17-12(5-4-10-6-7-24-19(10)17)13-2-1-3-14(18(13)23)25-20(27)16-9-11-8-15(11)26(16)21(28)29/h1-7,11,15-16,24H,8-9H2,(H,25,27)(H,28,29)/t11-,15-,16+/m1/s1. The van der Waals surface area contributed by atoms with Crippen LogP contribution in [0.3, 0.4) is 0 Å². The number of benzene rings is 2. The lowest BCUT2D eigenvalue weighted by molar-refractivity contribution is -0.120. The van der Waals surface area contributed by atoms with Gasteiger partial charge in [0.2, 0.25) is 5.91 Å². The van der Waals surface area contributed by atoms with Crippen LogP contribution in [0.5, 0.6) is 0 Å². The van der Waals surface area contributed by atoms with Gasteiger partial charge in [0.15, 0.2) is 5.82 Å². The zero-order chi connectivity index (χ0) is 20.3. The second-order valence-corrected chi connectivity index (χ2v) is 7.91. The Kier molecular flexibility index (Phi) is 4.03. The lowest BCUT2D eigenvalue weighted by Crippen LogP contribution is -2.44. The average Bonchev–Trinajstić information content (AvgIpc) is 3.12. The number of hydrogen-bond donors (Lipinski definition) is 3. The number of amides is 2. The highest BCUT2D eigenvalue weighted by molar-refractivity contribution is 6.38. The molecule has 2 fully saturated rings. The van der Waals surface area contributed by atoms with Crippen LogP contribution in [0.15, 0.2) is 42.6 Å². The molecule has 2 aromatic carbocycles. The lowest BCUT2D eigenvalue weighted by atomic mass is 10.0. The summed E-state index contributed by atoms with van der Waals surface area (Å²) in [5.41, 5.74) is 1.47. The molecule has 148 valence electrons. The van der Waals surface area contributed by atoms with Gasteiger partial charge in [0.25, 0.3) is 0 Å². The van der Waals surface area contributed by atoms with Crippen LogP contribution in [0, 0.1) is 11.7 Å². The number of carbonyl (C=O) groups is 2. The third kappa shape index (κ3) is 2.84. The maximum Gasteiger partial charge on any atom is 0.408 e. The molecule has 0 bridgehead atoms. The lowest BCUT2D eigenvalue weighted by Gasteiger charge is -2.24. The molecule has 1 aliphatic carbocycles. The Hall–Kier alpha value is -3.06. The number of fused-ring (bicyclic) bond motifs is 2. The molecule has 3 N–H and O–H groups in total. The first kappa shape index (κ1) is 18.0. The first-order valence-electron chi connectivity index (χ1n) is 9.32. The minimum atomic E-state index is -1.12. The van der Waals surface area contributed by atoms with Gasteiger partial charge in [-0.15, -0.1) is 0 Å². The summed E-state index contributed by atoms with van der Waals surface area (Å²) in [4.78, 5) is 28.4. The van der Waals surface area contributed by atoms with E-state index in [9.17, 15) is 14.7 Å². The van der Waals surface area contributed by atoms with Crippen LogP contribution in [-0.4, -0.2) is 39.1 Å². The van der Waals surface area contributed by atoms with Crippen molar-refractivity contribution in [1.29, 1.82) is 0 Å². The molecule has 6 nitrogen and oxygen atoms in total. The number of carboxylic acid groups (broad SMARTS) is 1. The maximum absolute atomic E-state index is 15.2. The number of nitrogens with zero attached hydrogens (tertiary/aromatic N) is 1. The number of carbonyl (C=O) groups excluding carboxylic acids is 1. The summed E-state index contributed by atoms with van der Waals surface area (Å²) in [6.45, 7) is 0. The molecule has 0 radical (unpaired) electrons. The second-order valence-electron chi connectivity index (χ2n) is 7.53. The highest BCUT2D eigenvalue weighted by Gasteiger charge is 2.56. The van der Waals surface area contributed by atoms with Gasteiger partial charge in [-0.2, -0.15) is 0 Å². The second kappa shape index (κ2) is 6.49.